The molecule has 3 rings (SSSR count). The zero-order valence-corrected chi connectivity index (χ0v) is 10.0. The molecule has 16 heavy (non-hydrogen) atoms. The number of hydrogen-bond donors (Lipinski definition) is 0. The van der Waals surface area contributed by atoms with Gasteiger partial charge >= 0.3 is 0 Å². The molecular weight excluding hydrogens is 202 g/mol. The van der Waals surface area contributed by atoms with Crippen LogP contribution in [0.15, 0.2) is 11.3 Å². The van der Waals surface area contributed by atoms with Crippen molar-refractivity contribution in [3.63, 3.8) is 0 Å². The molecule has 0 amide bonds. The van der Waals surface area contributed by atoms with Gasteiger partial charge in [-0.3, -0.25) is 4.99 Å². The zero-order chi connectivity index (χ0) is 11.3. The third kappa shape index (κ3) is 1.17. The largest absolute Gasteiger partial charge is 0.340 e. The van der Waals surface area contributed by atoms with E-state index in [1.54, 1.807) is 0 Å². The standard InChI is InChI=1S/C11H17N5/c1-4-8-5-16-7-15(3)10-9(11(16)13-8)14(2)6-12-10/h6,8H,4-5,7H2,1-3H3/t8-/m1/s1. The molecule has 1 aromatic rings. The van der Waals surface area contributed by atoms with Crippen LogP contribution in [0.3, 0.4) is 0 Å². The Morgan fingerprint density at radius 3 is 3.00 bits per heavy atom. The Morgan fingerprint density at radius 2 is 2.25 bits per heavy atom. The summed E-state index contributed by atoms with van der Waals surface area (Å²) in [6, 6.07) is 0.448. The lowest BCUT2D eigenvalue weighted by atomic mass is 10.2. The minimum atomic E-state index is 0.448. The second-order valence-corrected chi connectivity index (χ2v) is 4.60. The number of aliphatic imine (C=N–C) groups is 1. The van der Waals surface area contributed by atoms with Crippen LogP contribution in [0.4, 0.5) is 5.82 Å². The summed E-state index contributed by atoms with van der Waals surface area (Å²) in [5.74, 6) is 2.18. The van der Waals surface area contributed by atoms with E-state index in [2.05, 4.69) is 33.3 Å². The quantitative estimate of drug-likeness (QED) is 0.696. The van der Waals surface area contributed by atoms with Gasteiger partial charge in [0, 0.05) is 20.6 Å². The highest BCUT2D eigenvalue weighted by Gasteiger charge is 2.34. The van der Waals surface area contributed by atoms with Crippen molar-refractivity contribution in [2.45, 2.75) is 19.4 Å². The van der Waals surface area contributed by atoms with Gasteiger partial charge in [-0.25, -0.2) is 4.98 Å². The van der Waals surface area contributed by atoms with E-state index in [-0.39, 0.29) is 0 Å². The van der Waals surface area contributed by atoms with Crippen LogP contribution in [0.1, 0.15) is 19.0 Å². The van der Waals surface area contributed by atoms with Crippen LogP contribution >= 0.6 is 0 Å². The van der Waals surface area contributed by atoms with Crippen LogP contribution in [0, 0.1) is 0 Å². The second-order valence-electron chi connectivity index (χ2n) is 4.60. The van der Waals surface area contributed by atoms with Crippen LogP contribution in [0.2, 0.25) is 0 Å². The number of nitrogens with zero attached hydrogens (tertiary/aromatic N) is 5. The van der Waals surface area contributed by atoms with E-state index in [1.807, 2.05) is 13.4 Å². The number of fused-ring (bicyclic) bond motifs is 3. The molecule has 0 bridgehead atoms. The molecule has 1 aromatic heterocycles. The van der Waals surface area contributed by atoms with Gasteiger partial charge < -0.3 is 14.4 Å². The summed E-state index contributed by atoms with van der Waals surface area (Å²) < 4.78 is 2.06. The van der Waals surface area contributed by atoms with Gasteiger partial charge in [-0.05, 0) is 6.42 Å². The monoisotopic (exact) mass is 219 g/mol. The first-order valence-corrected chi connectivity index (χ1v) is 5.76. The van der Waals surface area contributed by atoms with Gasteiger partial charge in [0.05, 0.1) is 19.0 Å². The van der Waals surface area contributed by atoms with E-state index in [4.69, 9.17) is 4.99 Å². The van der Waals surface area contributed by atoms with Crippen LogP contribution in [-0.2, 0) is 7.05 Å². The molecule has 0 aliphatic carbocycles. The van der Waals surface area contributed by atoms with Gasteiger partial charge in [-0.15, -0.1) is 0 Å². The highest BCUT2D eigenvalue weighted by atomic mass is 15.4. The van der Waals surface area contributed by atoms with Gasteiger partial charge in [-0.1, -0.05) is 6.92 Å². The van der Waals surface area contributed by atoms with Crippen LogP contribution in [-0.4, -0.2) is 46.6 Å². The first-order valence-electron chi connectivity index (χ1n) is 5.76. The predicted octanol–water partition coefficient (Wildman–Crippen LogP) is 0.668. The molecule has 2 aliphatic heterocycles. The first-order chi connectivity index (χ1) is 7.70. The smallest absolute Gasteiger partial charge is 0.159 e. The Kier molecular flexibility index (Phi) is 1.96. The van der Waals surface area contributed by atoms with Gasteiger partial charge in [-0.2, -0.15) is 0 Å². The summed E-state index contributed by atoms with van der Waals surface area (Å²) in [5, 5.41) is 0. The molecule has 1 atom stereocenters. The summed E-state index contributed by atoms with van der Waals surface area (Å²) in [4.78, 5) is 13.8. The van der Waals surface area contributed by atoms with Gasteiger partial charge in [0.15, 0.2) is 11.7 Å². The third-order valence-electron chi connectivity index (χ3n) is 3.38. The molecule has 0 radical (unpaired) electrons. The summed E-state index contributed by atoms with van der Waals surface area (Å²) in [5.41, 5.74) is 1.16. The van der Waals surface area contributed by atoms with Crippen molar-refractivity contribution in [1.82, 2.24) is 14.5 Å². The summed E-state index contributed by atoms with van der Waals surface area (Å²) in [6.07, 6.45) is 2.98. The average molecular weight is 219 g/mol. The molecular formula is C11H17N5. The predicted molar refractivity (Wildman–Crippen MR) is 63.8 cm³/mol. The van der Waals surface area contributed by atoms with Gasteiger partial charge in [0.25, 0.3) is 0 Å². The van der Waals surface area contributed by atoms with Crippen molar-refractivity contribution in [1.29, 1.82) is 0 Å². The molecule has 5 heteroatoms. The highest BCUT2D eigenvalue weighted by molar-refractivity contribution is 6.04. The van der Waals surface area contributed by atoms with Crippen molar-refractivity contribution in [2.24, 2.45) is 12.0 Å². The van der Waals surface area contributed by atoms with Crippen molar-refractivity contribution in [3.05, 3.63) is 12.0 Å². The van der Waals surface area contributed by atoms with Crippen LogP contribution < -0.4 is 4.90 Å². The molecule has 0 spiro atoms. The number of aryl methyl sites for hydroxylation is 1. The van der Waals surface area contributed by atoms with E-state index < -0.39 is 0 Å². The van der Waals surface area contributed by atoms with Gasteiger partial charge in [0.2, 0.25) is 0 Å². The molecule has 0 saturated carbocycles. The number of hydrogen-bond acceptors (Lipinski definition) is 4. The molecule has 0 N–H and O–H groups in total. The highest BCUT2D eigenvalue weighted by Crippen LogP contribution is 2.28. The van der Waals surface area contributed by atoms with Crippen molar-refractivity contribution < 1.29 is 0 Å². The molecule has 0 fully saturated rings. The lowest BCUT2D eigenvalue weighted by Crippen LogP contribution is -2.44. The minimum absolute atomic E-state index is 0.448. The number of imidazole rings is 1. The molecule has 3 heterocycles. The molecule has 0 saturated heterocycles. The number of rotatable bonds is 1. The lowest BCUT2D eigenvalue weighted by molar-refractivity contribution is 0.412. The summed E-state index contributed by atoms with van der Waals surface area (Å²) in [7, 11) is 4.12. The fourth-order valence-corrected chi connectivity index (χ4v) is 2.47. The van der Waals surface area contributed by atoms with E-state index >= 15 is 0 Å². The van der Waals surface area contributed by atoms with E-state index in [1.165, 1.54) is 0 Å². The second kappa shape index (κ2) is 3.23. The molecule has 2 aliphatic rings. The first kappa shape index (κ1) is 9.69. The Bertz CT molecular complexity index is 447. The molecule has 5 nitrogen and oxygen atoms in total. The van der Waals surface area contributed by atoms with E-state index in [0.29, 0.717) is 6.04 Å². The molecule has 86 valence electrons. The number of aromatic nitrogens is 2. The Labute approximate surface area is 95.4 Å². The van der Waals surface area contributed by atoms with Crippen LogP contribution in [0.25, 0.3) is 0 Å². The van der Waals surface area contributed by atoms with E-state index in [0.717, 1.165) is 37.0 Å². The van der Waals surface area contributed by atoms with E-state index in [9.17, 15) is 0 Å². The topological polar surface area (TPSA) is 36.7 Å². The Hall–Kier alpha value is -1.52. The molecule has 0 aromatic carbocycles. The fourth-order valence-electron chi connectivity index (χ4n) is 2.47. The maximum Gasteiger partial charge on any atom is 0.159 e. The SMILES string of the molecule is CC[C@@H]1CN2CN(C)c3ncn(C)c3C2=N1. The normalized spacial score (nSPS) is 23.2. The van der Waals surface area contributed by atoms with Crippen LogP contribution in [0.5, 0.6) is 0 Å². The van der Waals surface area contributed by atoms with Crippen molar-refractivity contribution in [2.75, 3.05) is 25.2 Å². The maximum atomic E-state index is 4.79. The van der Waals surface area contributed by atoms with Gasteiger partial charge in [0.1, 0.15) is 5.69 Å². The minimum Gasteiger partial charge on any atom is -0.340 e. The van der Waals surface area contributed by atoms with Crippen molar-refractivity contribution >= 4 is 11.7 Å². The Balaban J connectivity index is 2.10. The third-order valence-corrected chi connectivity index (χ3v) is 3.38. The Morgan fingerprint density at radius 1 is 1.44 bits per heavy atom. The fraction of sp³-hybridized carbons (Fsp3) is 0.636. The lowest BCUT2D eigenvalue weighted by Gasteiger charge is -2.33. The zero-order valence-electron chi connectivity index (χ0n) is 10.0. The molecule has 0 unspecified atom stereocenters. The maximum absolute atomic E-state index is 4.79. The summed E-state index contributed by atoms with van der Waals surface area (Å²) >= 11 is 0. The van der Waals surface area contributed by atoms with Crippen molar-refractivity contribution in [3.8, 4) is 0 Å². The number of anilines is 1. The summed E-state index contributed by atoms with van der Waals surface area (Å²) in [6.45, 7) is 4.14. The number of amidine groups is 1. The average Bonchev–Trinajstić information content (AvgIpc) is 2.82.